The zero-order chi connectivity index (χ0) is 22.0. The number of halogens is 1. The van der Waals surface area contributed by atoms with Crippen LogP contribution in [0.1, 0.15) is 46.9 Å². The van der Waals surface area contributed by atoms with E-state index in [-0.39, 0.29) is 17.8 Å². The quantitative estimate of drug-likeness (QED) is 0.564. The maximum absolute atomic E-state index is 13.7. The Morgan fingerprint density at radius 3 is 2.84 bits per heavy atom. The fraction of sp³-hybridized carbons (Fsp3) is 0.240. The molecule has 31 heavy (non-hydrogen) atoms. The smallest absolute Gasteiger partial charge is 0.254 e. The SMILES string of the molecule is CCOc1cc(C(=O)N(C)C(C)c2cncc3c2CN=C3)ccc1-c1cccc(F)c1. The number of ether oxygens (including phenoxy) is 1. The molecule has 0 aliphatic carbocycles. The van der Waals surface area contributed by atoms with Gasteiger partial charge in [-0.05, 0) is 60.9 Å². The van der Waals surface area contributed by atoms with Gasteiger partial charge >= 0.3 is 0 Å². The molecule has 5 nitrogen and oxygen atoms in total. The van der Waals surface area contributed by atoms with Crippen molar-refractivity contribution in [1.29, 1.82) is 0 Å². The second-order valence-corrected chi connectivity index (χ2v) is 7.51. The van der Waals surface area contributed by atoms with Crippen LogP contribution in [0.3, 0.4) is 0 Å². The van der Waals surface area contributed by atoms with E-state index in [4.69, 9.17) is 4.74 Å². The monoisotopic (exact) mass is 417 g/mol. The average Bonchev–Trinajstić information content (AvgIpc) is 3.27. The molecule has 1 atom stereocenters. The number of nitrogens with zero attached hydrogens (tertiary/aromatic N) is 3. The Labute approximate surface area is 181 Å². The summed E-state index contributed by atoms with van der Waals surface area (Å²) in [6, 6.07) is 11.5. The van der Waals surface area contributed by atoms with Gasteiger partial charge in [0.05, 0.1) is 19.2 Å². The molecule has 2 aromatic carbocycles. The van der Waals surface area contributed by atoms with Gasteiger partial charge in [-0.3, -0.25) is 14.8 Å². The summed E-state index contributed by atoms with van der Waals surface area (Å²) in [6.07, 6.45) is 5.42. The Hall–Kier alpha value is -3.54. The van der Waals surface area contributed by atoms with E-state index in [1.165, 1.54) is 12.1 Å². The molecule has 1 aromatic heterocycles. The van der Waals surface area contributed by atoms with Crippen LogP contribution >= 0.6 is 0 Å². The predicted molar refractivity (Wildman–Crippen MR) is 119 cm³/mol. The first-order valence-electron chi connectivity index (χ1n) is 10.3. The molecule has 0 radical (unpaired) electrons. The van der Waals surface area contributed by atoms with Crippen LogP contribution in [-0.4, -0.2) is 35.7 Å². The summed E-state index contributed by atoms with van der Waals surface area (Å²) in [6.45, 7) is 4.91. The molecule has 1 aliphatic heterocycles. The molecule has 0 bridgehead atoms. The predicted octanol–water partition coefficient (Wildman–Crippen LogP) is 5.05. The Balaban J connectivity index is 1.64. The topological polar surface area (TPSA) is 54.8 Å². The van der Waals surface area contributed by atoms with Crippen LogP contribution < -0.4 is 4.74 Å². The van der Waals surface area contributed by atoms with Crippen LogP contribution in [0.15, 0.2) is 59.9 Å². The fourth-order valence-electron chi connectivity index (χ4n) is 3.82. The van der Waals surface area contributed by atoms with E-state index in [2.05, 4.69) is 9.98 Å². The molecule has 1 aliphatic rings. The number of pyridine rings is 1. The van der Waals surface area contributed by atoms with Gasteiger partial charge in [0.15, 0.2) is 0 Å². The lowest BCUT2D eigenvalue weighted by molar-refractivity contribution is 0.0741. The second kappa shape index (κ2) is 8.68. The van der Waals surface area contributed by atoms with E-state index in [1.807, 2.05) is 26.1 Å². The van der Waals surface area contributed by atoms with E-state index >= 15 is 0 Å². The zero-order valence-electron chi connectivity index (χ0n) is 17.8. The molecule has 1 amide bonds. The third-order valence-corrected chi connectivity index (χ3v) is 5.62. The highest BCUT2D eigenvalue weighted by Crippen LogP contribution is 2.33. The minimum absolute atomic E-state index is 0.129. The lowest BCUT2D eigenvalue weighted by Crippen LogP contribution is -2.30. The lowest BCUT2D eigenvalue weighted by atomic mass is 9.99. The molecule has 6 heteroatoms. The molecular formula is C25H24FN3O2. The second-order valence-electron chi connectivity index (χ2n) is 7.51. The number of hydrogen-bond donors (Lipinski definition) is 0. The van der Waals surface area contributed by atoms with Crippen molar-refractivity contribution in [1.82, 2.24) is 9.88 Å². The number of amides is 1. The molecule has 1 unspecified atom stereocenters. The molecule has 0 saturated carbocycles. The minimum Gasteiger partial charge on any atom is -0.493 e. The summed E-state index contributed by atoms with van der Waals surface area (Å²) < 4.78 is 19.5. The molecule has 0 saturated heterocycles. The maximum Gasteiger partial charge on any atom is 0.254 e. The van der Waals surface area contributed by atoms with Crippen LogP contribution in [-0.2, 0) is 6.54 Å². The summed E-state index contributed by atoms with van der Waals surface area (Å²) in [5.74, 6) is 0.105. The molecule has 0 N–H and O–H groups in total. The van der Waals surface area contributed by atoms with E-state index in [0.717, 1.165) is 22.3 Å². The Bertz CT molecular complexity index is 1160. The van der Waals surface area contributed by atoms with E-state index in [9.17, 15) is 9.18 Å². The van der Waals surface area contributed by atoms with E-state index < -0.39 is 0 Å². The van der Waals surface area contributed by atoms with Crippen molar-refractivity contribution >= 4 is 12.1 Å². The first kappa shape index (κ1) is 20.7. The number of rotatable bonds is 6. The molecule has 158 valence electrons. The van der Waals surface area contributed by atoms with Crippen molar-refractivity contribution < 1.29 is 13.9 Å². The van der Waals surface area contributed by atoms with Crippen molar-refractivity contribution in [2.75, 3.05) is 13.7 Å². The molecule has 2 heterocycles. The standard InChI is InChI=1S/C25H24FN3O2/c1-4-31-24-11-18(8-9-21(24)17-6-5-7-20(26)10-17)25(30)29(3)16(2)22-14-27-12-19-13-28-15-23(19)22/h5-14,16H,4,15H2,1-3H3. The number of aromatic nitrogens is 1. The van der Waals surface area contributed by atoms with E-state index in [0.29, 0.717) is 30.0 Å². The summed E-state index contributed by atoms with van der Waals surface area (Å²) in [7, 11) is 1.78. The summed E-state index contributed by atoms with van der Waals surface area (Å²) in [4.78, 5) is 23.6. The van der Waals surface area contributed by atoms with Gasteiger partial charge in [0.25, 0.3) is 5.91 Å². The van der Waals surface area contributed by atoms with Crippen LogP contribution in [0, 0.1) is 5.82 Å². The van der Waals surface area contributed by atoms with Crippen LogP contribution in [0.2, 0.25) is 0 Å². The van der Waals surface area contributed by atoms with Crippen molar-refractivity contribution in [2.24, 2.45) is 4.99 Å². The number of fused-ring (bicyclic) bond motifs is 1. The molecule has 3 aromatic rings. The fourth-order valence-corrected chi connectivity index (χ4v) is 3.82. The summed E-state index contributed by atoms with van der Waals surface area (Å²) >= 11 is 0. The van der Waals surface area contributed by atoms with Crippen LogP contribution in [0.5, 0.6) is 5.75 Å². The van der Waals surface area contributed by atoms with Gasteiger partial charge in [-0.2, -0.15) is 0 Å². The van der Waals surface area contributed by atoms with Crippen molar-refractivity contribution in [3.8, 4) is 16.9 Å². The Morgan fingerprint density at radius 2 is 2.06 bits per heavy atom. The molecule has 0 fully saturated rings. The number of hydrogen-bond acceptors (Lipinski definition) is 4. The Morgan fingerprint density at radius 1 is 1.23 bits per heavy atom. The normalized spacial score (nSPS) is 13.0. The van der Waals surface area contributed by atoms with Gasteiger partial charge in [-0.1, -0.05) is 12.1 Å². The lowest BCUT2D eigenvalue weighted by Gasteiger charge is -2.27. The van der Waals surface area contributed by atoms with Gasteiger partial charge in [0.1, 0.15) is 11.6 Å². The van der Waals surface area contributed by atoms with Crippen molar-refractivity contribution in [3.05, 3.63) is 82.9 Å². The van der Waals surface area contributed by atoms with Gasteiger partial charge in [-0.25, -0.2) is 4.39 Å². The highest BCUT2D eigenvalue weighted by atomic mass is 19.1. The van der Waals surface area contributed by atoms with Crippen molar-refractivity contribution in [2.45, 2.75) is 26.4 Å². The first-order valence-corrected chi connectivity index (χ1v) is 10.3. The average molecular weight is 417 g/mol. The number of aliphatic imine (C=N–C) groups is 1. The Kier molecular flexibility index (Phi) is 5.80. The zero-order valence-corrected chi connectivity index (χ0v) is 17.8. The highest BCUT2D eigenvalue weighted by molar-refractivity contribution is 5.96. The number of carbonyl (C=O) groups is 1. The van der Waals surface area contributed by atoms with Gasteiger partial charge in [0.2, 0.25) is 0 Å². The minimum atomic E-state index is -0.318. The number of benzene rings is 2. The molecule has 0 spiro atoms. The third kappa shape index (κ3) is 4.06. The van der Waals surface area contributed by atoms with Crippen molar-refractivity contribution in [3.63, 3.8) is 0 Å². The maximum atomic E-state index is 13.7. The van der Waals surface area contributed by atoms with Crippen LogP contribution in [0.25, 0.3) is 11.1 Å². The third-order valence-electron chi connectivity index (χ3n) is 5.62. The van der Waals surface area contributed by atoms with Gasteiger partial charge in [0, 0.05) is 42.3 Å². The van der Waals surface area contributed by atoms with Crippen LogP contribution in [0.4, 0.5) is 4.39 Å². The summed E-state index contributed by atoms with van der Waals surface area (Å²) in [5.41, 5.74) is 5.06. The molecular weight excluding hydrogens is 393 g/mol. The highest BCUT2D eigenvalue weighted by Gasteiger charge is 2.24. The van der Waals surface area contributed by atoms with Gasteiger partial charge < -0.3 is 9.64 Å². The van der Waals surface area contributed by atoms with E-state index in [1.54, 1.807) is 48.6 Å². The number of carbonyl (C=O) groups excluding carboxylic acids is 1. The van der Waals surface area contributed by atoms with Gasteiger partial charge in [-0.15, -0.1) is 0 Å². The first-order chi connectivity index (χ1) is 15.0. The molecule has 4 rings (SSSR count). The summed E-state index contributed by atoms with van der Waals surface area (Å²) in [5, 5.41) is 0. The largest absolute Gasteiger partial charge is 0.493 e.